The van der Waals surface area contributed by atoms with Crippen molar-refractivity contribution in [3.05, 3.63) is 24.0 Å². The van der Waals surface area contributed by atoms with Gasteiger partial charge in [-0.2, -0.15) is 0 Å². The number of pyridine rings is 1. The average Bonchev–Trinajstić information content (AvgIpc) is 2.33. The van der Waals surface area contributed by atoms with Crippen molar-refractivity contribution in [3.8, 4) is 5.75 Å². The lowest BCUT2D eigenvalue weighted by Crippen LogP contribution is -2.39. The van der Waals surface area contributed by atoms with Crippen molar-refractivity contribution in [1.82, 2.24) is 9.88 Å². The minimum atomic E-state index is 0.00183. The van der Waals surface area contributed by atoms with Crippen molar-refractivity contribution in [2.75, 3.05) is 13.2 Å². The Balaban J connectivity index is 2.60. The lowest BCUT2D eigenvalue weighted by molar-refractivity contribution is 0.141. The second-order valence-corrected chi connectivity index (χ2v) is 5.06. The van der Waals surface area contributed by atoms with Crippen LogP contribution < -0.4 is 10.5 Å². The average molecular weight is 264 g/mol. The zero-order chi connectivity index (χ0) is 14.4. The molecule has 1 rings (SSSR count). The largest absolute Gasteiger partial charge is 0.490 e. The van der Waals surface area contributed by atoms with Gasteiger partial charge >= 0.3 is 0 Å². The molecule has 5 nitrogen and oxygen atoms in total. The molecule has 19 heavy (non-hydrogen) atoms. The van der Waals surface area contributed by atoms with Crippen molar-refractivity contribution in [2.24, 2.45) is 5.73 Å². The highest BCUT2D eigenvalue weighted by Gasteiger charge is 2.13. The van der Waals surface area contributed by atoms with Gasteiger partial charge in [-0.25, -0.2) is 0 Å². The monoisotopic (exact) mass is 264 g/mol. The van der Waals surface area contributed by atoms with E-state index in [1.165, 1.54) is 0 Å². The summed E-state index contributed by atoms with van der Waals surface area (Å²) in [4.78, 5) is 6.36. The molecule has 0 saturated carbocycles. The molecule has 106 valence electrons. The summed E-state index contributed by atoms with van der Waals surface area (Å²) in [5.74, 6) is 0.574. The summed E-state index contributed by atoms with van der Waals surface area (Å²) in [6.07, 6.45) is 3.21. The van der Waals surface area contributed by atoms with Crippen molar-refractivity contribution >= 4 is 5.84 Å². The zero-order valence-corrected chi connectivity index (χ0v) is 12.2. The van der Waals surface area contributed by atoms with Gasteiger partial charge in [0.05, 0.1) is 11.8 Å². The molecule has 0 unspecified atom stereocenters. The van der Waals surface area contributed by atoms with Crippen molar-refractivity contribution < 1.29 is 4.74 Å². The van der Waals surface area contributed by atoms with E-state index in [2.05, 4.69) is 37.6 Å². The predicted molar refractivity (Wildman–Crippen MR) is 77.7 cm³/mol. The Labute approximate surface area is 115 Å². The van der Waals surface area contributed by atoms with Crippen LogP contribution in [0.5, 0.6) is 5.75 Å². The third-order valence-corrected chi connectivity index (χ3v) is 3.01. The molecule has 0 aromatic carbocycles. The SMILES string of the molecule is CC(C)N(CCOc1cnccc1C(=N)N)C(C)C. The summed E-state index contributed by atoms with van der Waals surface area (Å²) in [6, 6.07) is 2.65. The first-order valence-corrected chi connectivity index (χ1v) is 6.60. The van der Waals surface area contributed by atoms with Gasteiger partial charge in [-0.05, 0) is 33.8 Å². The number of nitrogens with two attached hydrogens (primary N) is 1. The maximum atomic E-state index is 7.49. The summed E-state index contributed by atoms with van der Waals surface area (Å²) < 4.78 is 5.70. The molecule has 1 aromatic heterocycles. The van der Waals surface area contributed by atoms with Gasteiger partial charge in [-0.1, -0.05) is 0 Å². The lowest BCUT2D eigenvalue weighted by atomic mass is 10.2. The Morgan fingerprint density at radius 2 is 2.00 bits per heavy atom. The molecule has 0 aliphatic heterocycles. The van der Waals surface area contributed by atoms with Gasteiger partial charge in [0, 0.05) is 24.8 Å². The van der Waals surface area contributed by atoms with E-state index in [0.717, 1.165) is 6.54 Å². The number of hydrogen-bond donors (Lipinski definition) is 2. The van der Waals surface area contributed by atoms with Gasteiger partial charge in [0.2, 0.25) is 0 Å². The fraction of sp³-hybridized carbons (Fsp3) is 0.571. The van der Waals surface area contributed by atoms with Crippen molar-refractivity contribution in [2.45, 2.75) is 39.8 Å². The molecule has 0 aliphatic rings. The van der Waals surface area contributed by atoms with Crippen LogP contribution in [0.4, 0.5) is 0 Å². The second kappa shape index (κ2) is 7.09. The number of nitrogen functional groups attached to an aromatic ring is 1. The fourth-order valence-electron chi connectivity index (χ4n) is 2.09. The van der Waals surface area contributed by atoms with Gasteiger partial charge in [-0.15, -0.1) is 0 Å². The molecule has 5 heteroatoms. The molecule has 0 bridgehead atoms. The van der Waals surface area contributed by atoms with Crippen LogP contribution in [0.1, 0.15) is 33.3 Å². The van der Waals surface area contributed by atoms with E-state index >= 15 is 0 Å². The highest BCUT2D eigenvalue weighted by Crippen LogP contribution is 2.15. The van der Waals surface area contributed by atoms with E-state index in [4.69, 9.17) is 15.9 Å². The van der Waals surface area contributed by atoms with Crippen LogP contribution in [0, 0.1) is 5.41 Å². The molecule has 0 saturated heterocycles. The summed E-state index contributed by atoms with van der Waals surface area (Å²) in [6.45, 7) is 10.1. The van der Waals surface area contributed by atoms with E-state index in [9.17, 15) is 0 Å². The van der Waals surface area contributed by atoms with Gasteiger partial charge in [0.15, 0.2) is 0 Å². The van der Waals surface area contributed by atoms with Crippen LogP contribution in [-0.2, 0) is 0 Å². The van der Waals surface area contributed by atoms with Crippen LogP contribution in [-0.4, -0.2) is 41.0 Å². The Morgan fingerprint density at radius 1 is 1.37 bits per heavy atom. The molecule has 0 aliphatic carbocycles. The zero-order valence-electron chi connectivity index (χ0n) is 12.2. The van der Waals surface area contributed by atoms with Gasteiger partial charge in [-0.3, -0.25) is 15.3 Å². The quantitative estimate of drug-likeness (QED) is 0.582. The van der Waals surface area contributed by atoms with Gasteiger partial charge in [0.1, 0.15) is 18.2 Å². The van der Waals surface area contributed by atoms with E-state index in [0.29, 0.717) is 30.0 Å². The number of ether oxygens (including phenoxy) is 1. The summed E-state index contributed by atoms with van der Waals surface area (Å²) >= 11 is 0. The molecule has 3 N–H and O–H groups in total. The van der Waals surface area contributed by atoms with E-state index < -0.39 is 0 Å². The van der Waals surface area contributed by atoms with Crippen LogP contribution >= 0.6 is 0 Å². The van der Waals surface area contributed by atoms with E-state index in [-0.39, 0.29) is 5.84 Å². The minimum Gasteiger partial charge on any atom is -0.490 e. The molecule has 1 heterocycles. The van der Waals surface area contributed by atoms with Gasteiger partial charge < -0.3 is 10.5 Å². The highest BCUT2D eigenvalue weighted by molar-refractivity contribution is 5.97. The summed E-state index contributed by atoms with van der Waals surface area (Å²) in [5.41, 5.74) is 6.10. The Morgan fingerprint density at radius 3 is 2.53 bits per heavy atom. The van der Waals surface area contributed by atoms with Crippen LogP contribution in [0.2, 0.25) is 0 Å². The lowest BCUT2D eigenvalue weighted by Gasteiger charge is -2.30. The molecular formula is C14H24N4O. The Hall–Kier alpha value is -1.62. The Kier molecular flexibility index (Phi) is 5.76. The molecule has 0 fully saturated rings. The molecule has 0 spiro atoms. The van der Waals surface area contributed by atoms with Crippen LogP contribution in [0.15, 0.2) is 18.5 Å². The number of rotatable bonds is 7. The highest BCUT2D eigenvalue weighted by atomic mass is 16.5. The smallest absolute Gasteiger partial charge is 0.148 e. The number of nitrogens with zero attached hydrogens (tertiary/aromatic N) is 2. The molecular weight excluding hydrogens is 240 g/mol. The normalized spacial score (nSPS) is 11.3. The standard InChI is InChI=1S/C14H24N4O/c1-10(2)18(11(3)4)7-8-19-13-9-17-6-5-12(13)14(15)16/h5-6,9-11H,7-8H2,1-4H3,(H3,15,16). The van der Waals surface area contributed by atoms with Crippen LogP contribution in [0.25, 0.3) is 0 Å². The summed E-state index contributed by atoms with van der Waals surface area (Å²) in [7, 11) is 0. The maximum Gasteiger partial charge on any atom is 0.148 e. The van der Waals surface area contributed by atoms with Gasteiger partial charge in [0.25, 0.3) is 0 Å². The topological polar surface area (TPSA) is 75.2 Å². The third kappa shape index (κ3) is 4.52. The number of amidine groups is 1. The van der Waals surface area contributed by atoms with E-state index in [1.807, 2.05) is 0 Å². The fourth-order valence-corrected chi connectivity index (χ4v) is 2.09. The van der Waals surface area contributed by atoms with E-state index in [1.54, 1.807) is 18.5 Å². The molecule has 0 atom stereocenters. The minimum absolute atomic E-state index is 0.00183. The number of hydrogen-bond acceptors (Lipinski definition) is 4. The third-order valence-electron chi connectivity index (χ3n) is 3.01. The van der Waals surface area contributed by atoms with Crippen molar-refractivity contribution in [1.29, 1.82) is 5.41 Å². The second-order valence-electron chi connectivity index (χ2n) is 5.06. The maximum absolute atomic E-state index is 7.49. The first-order valence-electron chi connectivity index (χ1n) is 6.60. The van der Waals surface area contributed by atoms with Crippen LogP contribution in [0.3, 0.4) is 0 Å². The summed E-state index contributed by atoms with van der Waals surface area (Å²) in [5, 5.41) is 7.49. The first-order chi connectivity index (χ1) is 8.93. The molecule has 1 aromatic rings. The molecule has 0 amide bonds. The number of nitrogens with one attached hydrogen (secondary N) is 1. The predicted octanol–water partition coefficient (Wildman–Crippen LogP) is 1.86. The number of aromatic nitrogens is 1. The Bertz CT molecular complexity index is 410. The first kappa shape index (κ1) is 15.4. The van der Waals surface area contributed by atoms with Crippen molar-refractivity contribution in [3.63, 3.8) is 0 Å². The molecule has 0 radical (unpaired) electrons.